The minimum atomic E-state index is 0.0471. The zero-order valence-corrected chi connectivity index (χ0v) is 11.4. The minimum absolute atomic E-state index is 0.0471. The van der Waals surface area contributed by atoms with E-state index in [1.807, 2.05) is 6.92 Å². The van der Waals surface area contributed by atoms with Gasteiger partial charge in [-0.15, -0.1) is 0 Å². The number of nitrogen functional groups attached to an aromatic ring is 1. The molecule has 0 fully saturated rings. The second-order valence-electron chi connectivity index (χ2n) is 3.63. The van der Waals surface area contributed by atoms with Crippen LogP contribution >= 0.6 is 15.9 Å². The van der Waals surface area contributed by atoms with Crippen LogP contribution in [0.5, 0.6) is 0 Å². The van der Waals surface area contributed by atoms with Crippen LogP contribution in [0.4, 0.5) is 11.5 Å². The van der Waals surface area contributed by atoms with E-state index in [9.17, 15) is 4.79 Å². The molecule has 0 unspecified atom stereocenters. The Morgan fingerprint density at radius 1 is 1.53 bits per heavy atom. The Bertz CT molecular complexity index is 384. The van der Waals surface area contributed by atoms with Crippen molar-refractivity contribution in [3.63, 3.8) is 0 Å². The van der Waals surface area contributed by atoms with Crippen LogP contribution in [-0.4, -0.2) is 24.0 Å². The fourth-order valence-electron chi connectivity index (χ4n) is 1.23. The van der Waals surface area contributed by atoms with Gasteiger partial charge >= 0.3 is 0 Å². The van der Waals surface area contributed by atoms with Gasteiger partial charge in [0.2, 0.25) is 5.91 Å². The molecular formula is C11H17BrN4O. The molecule has 5 nitrogen and oxygen atoms in total. The molecular weight excluding hydrogens is 284 g/mol. The number of aromatic nitrogens is 1. The van der Waals surface area contributed by atoms with Gasteiger partial charge in [0.15, 0.2) is 0 Å². The normalized spacial score (nSPS) is 10.0. The maximum atomic E-state index is 11.3. The number of nitrogens with two attached hydrogens (primary N) is 1. The summed E-state index contributed by atoms with van der Waals surface area (Å²) in [5, 5.41) is 5.88. The number of hydrogen-bond acceptors (Lipinski definition) is 4. The van der Waals surface area contributed by atoms with E-state index in [2.05, 4.69) is 31.5 Å². The van der Waals surface area contributed by atoms with Crippen LogP contribution in [0.3, 0.4) is 0 Å². The molecule has 4 N–H and O–H groups in total. The molecule has 6 heteroatoms. The van der Waals surface area contributed by atoms with Gasteiger partial charge in [-0.2, -0.15) is 0 Å². The summed E-state index contributed by atoms with van der Waals surface area (Å²) in [4.78, 5) is 15.5. The molecule has 94 valence electrons. The van der Waals surface area contributed by atoms with Gasteiger partial charge in [-0.25, -0.2) is 4.98 Å². The Kier molecular flexibility index (Phi) is 5.76. The van der Waals surface area contributed by atoms with Gasteiger partial charge in [-0.3, -0.25) is 4.79 Å². The highest BCUT2D eigenvalue weighted by Crippen LogP contribution is 2.21. The third kappa shape index (κ3) is 5.04. The molecule has 1 aromatic heterocycles. The third-order valence-electron chi connectivity index (χ3n) is 2.08. The number of carbonyl (C=O) groups is 1. The van der Waals surface area contributed by atoms with E-state index in [0.29, 0.717) is 24.5 Å². The SMILES string of the molecule is CCCNC(=O)CCNc1ncc(N)cc1Br. The van der Waals surface area contributed by atoms with Gasteiger partial charge < -0.3 is 16.4 Å². The summed E-state index contributed by atoms with van der Waals surface area (Å²) < 4.78 is 0.798. The number of pyridine rings is 1. The highest BCUT2D eigenvalue weighted by Gasteiger charge is 2.03. The summed E-state index contributed by atoms with van der Waals surface area (Å²) in [6, 6.07) is 1.77. The highest BCUT2D eigenvalue weighted by molar-refractivity contribution is 9.10. The van der Waals surface area contributed by atoms with E-state index in [1.165, 1.54) is 0 Å². The molecule has 0 radical (unpaired) electrons. The van der Waals surface area contributed by atoms with Crippen LogP contribution < -0.4 is 16.4 Å². The van der Waals surface area contributed by atoms with Crippen molar-refractivity contribution in [1.82, 2.24) is 10.3 Å². The average molecular weight is 301 g/mol. The minimum Gasteiger partial charge on any atom is -0.397 e. The van der Waals surface area contributed by atoms with Crippen molar-refractivity contribution in [3.8, 4) is 0 Å². The van der Waals surface area contributed by atoms with E-state index in [1.54, 1.807) is 12.3 Å². The Hall–Kier alpha value is -1.30. The van der Waals surface area contributed by atoms with E-state index in [-0.39, 0.29) is 5.91 Å². The zero-order valence-electron chi connectivity index (χ0n) is 9.79. The van der Waals surface area contributed by atoms with Crippen molar-refractivity contribution in [2.45, 2.75) is 19.8 Å². The van der Waals surface area contributed by atoms with Crippen LogP contribution in [-0.2, 0) is 4.79 Å². The van der Waals surface area contributed by atoms with Crippen molar-refractivity contribution in [2.24, 2.45) is 0 Å². The highest BCUT2D eigenvalue weighted by atomic mass is 79.9. The second kappa shape index (κ2) is 7.11. The number of anilines is 2. The molecule has 0 aliphatic heterocycles. The Labute approximate surface area is 109 Å². The van der Waals surface area contributed by atoms with Crippen molar-refractivity contribution < 1.29 is 4.79 Å². The lowest BCUT2D eigenvalue weighted by Crippen LogP contribution is -2.26. The maximum Gasteiger partial charge on any atom is 0.221 e. The summed E-state index contributed by atoms with van der Waals surface area (Å²) in [5.41, 5.74) is 6.17. The second-order valence-corrected chi connectivity index (χ2v) is 4.48. The molecule has 1 rings (SSSR count). The van der Waals surface area contributed by atoms with E-state index < -0.39 is 0 Å². The standard InChI is InChI=1S/C11H17BrN4O/c1-2-4-14-10(17)3-5-15-11-9(12)6-8(13)7-16-11/h6-7H,2-5,13H2,1H3,(H,14,17)(H,15,16). The molecule has 0 atom stereocenters. The van der Waals surface area contributed by atoms with Gasteiger partial charge in [-0.05, 0) is 28.4 Å². The van der Waals surface area contributed by atoms with Crippen LogP contribution in [0.2, 0.25) is 0 Å². The summed E-state index contributed by atoms with van der Waals surface area (Å²) in [5.74, 6) is 0.744. The molecule has 1 heterocycles. The first kappa shape index (κ1) is 13.8. The number of carbonyl (C=O) groups excluding carboxylic acids is 1. The summed E-state index contributed by atoms with van der Waals surface area (Å²) in [7, 11) is 0. The van der Waals surface area contributed by atoms with Gasteiger partial charge in [0.1, 0.15) is 5.82 Å². The average Bonchev–Trinajstić information content (AvgIpc) is 2.29. The number of halogens is 1. The zero-order chi connectivity index (χ0) is 12.7. The molecule has 0 bridgehead atoms. The lowest BCUT2D eigenvalue weighted by Gasteiger charge is -2.08. The van der Waals surface area contributed by atoms with Crippen LogP contribution in [0.1, 0.15) is 19.8 Å². The van der Waals surface area contributed by atoms with Crippen molar-refractivity contribution in [1.29, 1.82) is 0 Å². The first-order valence-electron chi connectivity index (χ1n) is 5.55. The lowest BCUT2D eigenvalue weighted by atomic mass is 10.3. The quantitative estimate of drug-likeness (QED) is 0.748. The van der Waals surface area contributed by atoms with Crippen LogP contribution in [0.15, 0.2) is 16.7 Å². The van der Waals surface area contributed by atoms with Gasteiger partial charge in [0.05, 0.1) is 16.4 Å². The Morgan fingerprint density at radius 3 is 2.94 bits per heavy atom. The molecule has 0 saturated carbocycles. The molecule has 1 aromatic rings. The fourth-order valence-corrected chi connectivity index (χ4v) is 1.74. The first-order chi connectivity index (χ1) is 8.13. The molecule has 0 saturated heterocycles. The molecule has 0 aliphatic rings. The molecule has 0 aliphatic carbocycles. The molecule has 17 heavy (non-hydrogen) atoms. The molecule has 1 amide bonds. The number of amides is 1. The number of nitrogens with one attached hydrogen (secondary N) is 2. The summed E-state index contributed by atoms with van der Waals surface area (Å²) in [6.07, 6.45) is 2.95. The predicted octanol–water partition coefficient (Wildman–Crippen LogP) is 1.75. The largest absolute Gasteiger partial charge is 0.397 e. The van der Waals surface area contributed by atoms with E-state index in [4.69, 9.17) is 5.73 Å². The summed E-state index contributed by atoms with van der Waals surface area (Å²) in [6.45, 7) is 3.29. The molecule has 0 aromatic carbocycles. The lowest BCUT2D eigenvalue weighted by molar-refractivity contribution is -0.120. The summed E-state index contributed by atoms with van der Waals surface area (Å²) >= 11 is 3.35. The van der Waals surface area contributed by atoms with Crippen molar-refractivity contribution in [2.75, 3.05) is 24.1 Å². The van der Waals surface area contributed by atoms with Crippen molar-refractivity contribution >= 4 is 33.3 Å². The van der Waals surface area contributed by atoms with Gasteiger partial charge in [0.25, 0.3) is 0 Å². The maximum absolute atomic E-state index is 11.3. The van der Waals surface area contributed by atoms with Gasteiger partial charge in [0, 0.05) is 19.5 Å². The number of rotatable bonds is 6. The molecule has 0 spiro atoms. The van der Waals surface area contributed by atoms with Crippen LogP contribution in [0, 0.1) is 0 Å². The van der Waals surface area contributed by atoms with Crippen LogP contribution in [0.25, 0.3) is 0 Å². The fraction of sp³-hybridized carbons (Fsp3) is 0.455. The topological polar surface area (TPSA) is 80.0 Å². The van der Waals surface area contributed by atoms with E-state index in [0.717, 1.165) is 17.4 Å². The van der Waals surface area contributed by atoms with Gasteiger partial charge in [-0.1, -0.05) is 6.92 Å². The van der Waals surface area contributed by atoms with E-state index >= 15 is 0 Å². The monoisotopic (exact) mass is 300 g/mol. The third-order valence-corrected chi connectivity index (χ3v) is 2.68. The first-order valence-corrected chi connectivity index (χ1v) is 6.34. The Balaban J connectivity index is 2.33. The Morgan fingerprint density at radius 2 is 2.29 bits per heavy atom. The predicted molar refractivity (Wildman–Crippen MR) is 72.8 cm³/mol. The number of nitrogens with zero attached hydrogens (tertiary/aromatic N) is 1. The van der Waals surface area contributed by atoms with Crippen molar-refractivity contribution in [3.05, 3.63) is 16.7 Å². The smallest absolute Gasteiger partial charge is 0.221 e. The number of hydrogen-bond donors (Lipinski definition) is 3.